The number of rotatable bonds is 9. The summed E-state index contributed by atoms with van der Waals surface area (Å²) < 4.78 is 5.84. The van der Waals surface area contributed by atoms with Crippen molar-refractivity contribution in [2.45, 2.75) is 12.8 Å². The van der Waals surface area contributed by atoms with Crippen LogP contribution in [0.4, 0.5) is 11.4 Å². The van der Waals surface area contributed by atoms with Gasteiger partial charge in [-0.1, -0.05) is 54.6 Å². The average molecular weight is 374 g/mol. The topological polar surface area (TPSA) is 41.6 Å². The average Bonchev–Trinajstić information content (AvgIpc) is 2.73. The number of para-hydroxylation sites is 1. The number of carbonyl (C=O) groups excluding carboxylic acids is 1. The number of amides is 1. The Labute approximate surface area is 166 Å². The number of hydrogen-bond acceptors (Lipinski definition) is 3. The number of aryl methyl sites for hydroxylation is 1. The van der Waals surface area contributed by atoms with Crippen LogP contribution < -0.4 is 15.0 Å². The van der Waals surface area contributed by atoms with Gasteiger partial charge in [0.15, 0.2) is 0 Å². The maximum Gasteiger partial charge on any atom is 0.243 e. The Morgan fingerprint density at radius 1 is 0.929 bits per heavy atom. The summed E-state index contributed by atoms with van der Waals surface area (Å²) in [5.74, 6) is 0.704. The predicted octanol–water partition coefficient (Wildman–Crippen LogP) is 4.77. The summed E-state index contributed by atoms with van der Waals surface area (Å²) in [6, 6.07) is 27.8. The van der Waals surface area contributed by atoms with Gasteiger partial charge in [-0.2, -0.15) is 0 Å². The summed E-state index contributed by atoms with van der Waals surface area (Å²) >= 11 is 0. The van der Waals surface area contributed by atoms with Gasteiger partial charge in [0.25, 0.3) is 0 Å². The highest BCUT2D eigenvalue weighted by Crippen LogP contribution is 2.18. The number of nitrogens with zero attached hydrogens (tertiary/aromatic N) is 1. The van der Waals surface area contributed by atoms with E-state index in [4.69, 9.17) is 4.74 Å². The van der Waals surface area contributed by atoms with Crippen LogP contribution in [0.2, 0.25) is 0 Å². The molecule has 0 saturated heterocycles. The van der Waals surface area contributed by atoms with Gasteiger partial charge in [0.05, 0.1) is 13.2 Å². The van der Waals surface area contributed by atoms with Gasteiger partial charge in [-0.25, -0.2) is 0 Å². The van der Waals surface area contributed by atoms with Gasteiger partial charge in [0.2, 0.25) is 5.91 Å². The van der Waals surface area contributed by atoms with Crippen LogP contribution in [0.5, 0.6) is 5.75 Å². The third kappa shape index (κ3) is 6.16. The van der Waals surface area contributed by atoms with E-state index in [-0.39, 0.29) is 12.5 Å². The SMILES string of the molecule is CN(CC(=O)Nc1cccc(OCCCc2ccccc2)c1)c1ccccc1. The van der Waals surface area contributed by atoms with Gasteiger partial charge >= 0.3 is 0 Å². The Kier molecular flexibility index (Phi) is 7.08. The van der Waals surface area contributed by atoms with E-state index in [1.54, 1.807) is 0 Å². The zero-order valence-electron chi connectivity index (χ0n) is 16.2. The second-order valence-electron chi connectivity index (χ2n) is 6.71. The van der Waals surface area contributed by atoms with Crippen LogP contribution in [0.15, 0.2) is 84.9 Å². The largest absolute Gasteiger partial charge is 0.494 e. The normalized spacial score (nSPS) is 10.3. The highest BCUT2D eigenvalue weighted by Gasteiger charge is 2.08. The van der Waals surface area contributed by atoms with Crippen LogP contribution >= 0.6 is 0 Å². The van der Waals surface area contributed by atoms with Gasteiger partial charge in [-0.05, 0) is 42.7 Å². The summed E-state index contributed by atoms with van der Waals surface area (Å²) in [5, 5.41) is 2.94. The predicted molar refractivity (Wildman–Crippen MR) is 115 cm³/mol. The smallest absolute Gasteiger partial charge is 0.243 e. The molecule has 4 nitrogen and oxygen atoms in total. The van der Waals surface area contributed by atoms with Crippen LogP contribution in [-0.2, 0) is 11.2 Å². The van der Waals surface area contributed by atoms with Crippen molar-refractivity contribution in [2.24, 2.45) is 0 Å². The molecular formula is C24H26N2O2. The summed E-state index contributed by atoms with van der Waals surface area (Å²) in [7, 11) is 1.90. The van der Waals surface area contributed by atoms with Gasteiger partial charge in [0.1, 0.15) is 5.75 Å². The molecule has 0 fully saturated rings. The Hall–Kier alpha value is -3.27. The highest BCUT2D eigenvalue weighted by molar-refractivity contribution is 5.94. The molecule has 1 amide bonds. The molecule has 3 aromatic rings. The molecule has 0 atom stereocenters. The van der Waals surface area contributed by atoms with E-state index in [0.29, 0.717) is 6.61 Å². The summed E-state index contributed by atoms with van der Waals surface area (Å²) in [5.41, 5.74) is 3.06. The summed E-state index contributed by atoms with van der Waals surface area (Å²) in [6.07, 6.45) is 1.94. The fraction of sp³-hybridized carbons (Fsp3) is 0.208. The van der Waals surface area contributed by atoms with E-state index in [0.717, 1.165) is 30.0 Å². The first-order valence-corrected chi connectivity index (χ1v) is 9.53. The van der Waals surface area contributed by atoms with Crippen LogP contribution in [0, 0.1) is 0 Å². The van der Waals surface area contributed by atoms with Crippen LogP contribution in [0.1, 0.15) is 12.0 Å². The van der Waals surface area contributed by atoms with Gasteiger partial charge < -0.3 is 15.0 Å². The van der Waals surface area contributed by atoms with Crippen molar-refractivity contribution in [3.8, 4) is 5.75 Å². The van der Waals surface area contributed by atoms with Gasteiger partial charge in [-0.15, -0.1) is 0 Å². The lowest BCUT2D eigenvalue weighted by atomic mass is 10.1. The van der Waals surface area contributed by atoms with Crippen LogP contribution in [0.25, 0.3) is 0 Å². The maximum atomic E-state index is 12.3. The Bertz CT molecular complexity index is 866. The molecule has 1 N–H and O–H groups in total. The molecule has 4 heteroatoms. The minimum atomic E-state index is -0.0624. The molecule has 0 aliphatic carbocycles. The fourth-order valence-electron chi connectivity index (χ4n) is 2.96. The van der Waals surface area contributed by atoms with Crippen molar-refractivity contribution in [2.75, 3.05) is 30.4 Å². The van der Waals surface area contributed by atoms with E-state index in [1.807, 2.05) is 72.6 Å². The molecule has 0 spiro atoms. The van der Waals surface area contributed by atoms with E-state index in [9.17, 15) is 4.79 Å². The van der Waals surface area contributed by atoms with E-state index in [2.05, 4.69) is 29.6 Å². The molecule has 28 heavy (non-hydrogen) atoms. The molecule has 0 aliphatic heterocycles. The van der Waals surface area contributed by atoms with Gasteiger partial charge in [0, 0.05) is 24.5 Å². The Morgan fingerprint density at radius 3 is 2.39 bits per heavy atom. The molecule has 0 saturated carbocycles. The standard InChI is InChI=1S/C24H26N2O2/c1-26(22-14-6-3-7-15-22)19-24(27)25-21-13-8-16-23(18-21)28-17-9-12-20-10-4-2-5-11-20/h2-8,10-11,13-16,18H,9,12,17,19H2,1H3,(H,25,27). The third-order valence-electron chi connectivity index (χ3n) is 4.42. The number of benzene rings is 3. The number of hydrogen-bond donors (Lipinski definition) is 1. The maximum absolute atomic E-state index is 12.3. The lowest BCUT2D eigenvalue weighted by Gasteiger charge is -2.18. The third-order valence-corrected chi connectivity index (χ3v) is 4.42. The second kappa shape index (κ2) is 10.2. The first-order valence-electron chi connectivity index (χ1n) is 9.53. The number of ether oxygens (including phenoxy) is 1. The van der Waals surface area contributed by atoms with E-state index >= 15 is 0 Å². The number of likely N-dealkylation sites (N-methyl/N-ethyl adjacent to an activating group) is 1. The van der Waals surface area contributed by atoms with Crippen LogP contribution in [0.3, 0.4) is 0 Å². The fourth-order valence-corrected chi connectivity index (χ4v) is 2.96. The van der Waals surface area contributed by atoms with Gasteiger partial charge in [-0.3, -0.25) is 4.79 Å². The van der Waals surface area contributed by atoms with Crippen LogP contribution in [-0.4, -0.2) is 26.1 Å². The van der Waals surface area contributed by atoms with Crippen molar-refractivity contribution < 1.29 is 9.53 Å². The minimum absolute atomic E-state index is 0.0624. The zero-order valence-corrected chi connectivity index (χ0v) is 16.2. The second-order valence-corrected chi connectivity index (χ2v) is 6.71. The van der Waals surface area contributed by atoms with E-state index < -0.39 is 0 Å². The van der Waals surface area contributed by atoms with Crippen molar-refractivity contribution in [1.82, 2.24) is 0 Å². The molecule has 0 unspecified atom stereocenters. The molecule has 0 aliphatic rings. The van der Waals surface area contributed by atoms with Crippen molar-refractivity contribution >= 4 is 17.3 Å². The molecular weight excluding hydrogens is 348 g/mol. The van der Waals surface area contributed by atoms with E-state index in [1.165, 1.54) is 5.56 Å². The molecule has 0 heterocycles. The molecule has 3 aromatic carbocycles. The lowest BCUT2D eigenvalue weighted by Crippen LogP contribution is -2.29. The monoisotopic (exact) mass is 374 g/mol. The minimum Gasteiger partial charge on any atom is -0.494 e. The highest BCUT2D eigenvalue weighted by atomic mass is 16.5. The summed E-state index contributed by atoms with van der Waals surface area (Å²) in [6.45, 7) is 0.926. The quantitative estimate of drug-likeness (QED) is 0.549. The van der Waals surface area contributed by atoms with Crippen molar-refractivity contribution in [3.05, 3.63) is 90.5 Å². The Morgan fingerprint density at radius 2 is 1.64 bits per heavy atom. The number of anilines is 2. The summed E-state index contributed by atoms with van der Waals surface area (Å²) in [4.78, 5) is 14.2. The zero-order chi connectivity index (χ0) is 19.6. The molecule has 144 valence electrons. The Balaban J connectivity index is 1.45. The first kappa shape index (κ1) is 19.5. The molecule has 3 rings (SSSR count). The first-order chi connectivity index (χ1) is 13.7. The van der Waals surface area contributed by atoms with Crippen molar-refractivity contribution in [3.63, 3.8) is 0 Å². The lowest BCUT2D eigenvalue weighted by molar-refractivity contribution is -0.114. The molecule has 0 bridgehead atoms. The molecule has 0 aromatic heterocycles. The molecule has 0 radical (unpaired) electrons. The number of nitrogens with one attached hydrogen (secondary N) is 1. The van der Waals surface area contributed by atoms with Crippen molar-refractivity contribution in [1.29, 1.82) is 0 Å². The number of carbonyl (C=O) groups is 1.